The molecule has 4 rings (SSSR count). The quantitative estimate of drug-likeness (QED) is 0.338. The highest BCUT2D eigenvalue weighted by atomic mass is 79.9. The highest BCUT2D eigenvalue weighted by Crippen LogP contribution is 2.38. The van der Waals surface area contributed by atoms with Gasteiger partial charge in [-0.1, -0.05) is 58.4 Å². The van der Waals surface area contributed by atoms with E-state index in [1.54, 1.807) is 0 Å². The molecule has 0 unspecified atom stereocenters. The number of thiophene rings is 1. The summed E-state index contributed by atoms with van der Waals surface area (Å²) in [6.45, 7) is 2.07. The lowest BCUT2D eigenvalue weighted by molar-refractivity contribution is 1.62. The van der Waals surface area contributed by atoms with Crippen LogP contribution in [0.3, 0.4) is 0 Å². The monoisotopic (exact) mass is 378 g/mol. The van der Waals surface area contributed by atoms with Crippen molar-refractivity contribution in [3.05, 3.63) is 76.8 Å². The van der Waals surface area contributed by atoms with Crippen molar-refractivity contribution in [2.45, 2.75) is 6.92 Å². The molecule has 0 saturated heterocycles. The van der Waals surface area contributed by atoms with Gasteiger partial charge in [-0.05, 0) is 53.9 Å². The van der Waals surface area contributed by atoms with Crippen LogP contribution in [0.1, 0.15) is 12.5 Å². The van der Waals surface area contributed by atoms with E-state index >= 15 is 0 Å². The van der Waals surface area contributed by atoms with Crippen LogP contribution in [0.4, 0.5) is 0 Å². The molecule has 0 atom stereocenters. The third-order valence-electron chi connectivity index (χ3n) is 4.05. The maximum Gasteiger partial charge on any atom is 0.0361 e. The normalized spacial score (nSPS) is 11.7. The van der Waals surface area contributed by atoms with Crippen LogP contribution in [0.2, 0.25) is 0 Å². The predicted molar refractivity (Wildman–Crippen MR) is 107 cm³/mol. The average Bonchev–Trinajstić information content (AvgIpc) is 2.94. The van der Waals surface area contributed by atoms with E-state index in [2.05, 4.69) is 95.7 Å². The molecule has 0 N–H and O–H groups in total. The van der Waals surface area contributed by atoms with Crippen molar-refractivity contribution in [3.63, 3.8) is 0 Å². The molecule has 112 valence electrons. The van der Waals surface area contributed by atoms with Crippen LogP contribution in [-0.2, 0) is 0 Å². The lowest BCUT2D eigenvalue weighted by atomic mass is 10.0. The topological polar surface area (TPSA) is 0 Å². The van der Waals surface area contributed by atoms with E-state index in [1.165, 1.54) is 36.9 Å². The third-order valence-corrected chi connectivity index (χ3v) is 5.72. The van der Waals surface area contributed by atoms with Gasteiger partial charge >= 0.3 is 0 Å². The van der Waals surface area contributed by atoms with Gasteiger partial charge in [0, 0.05) is 24.6 Å². The number of halogens is 1. The Bertz CT molecular complexity index is 1020. The summed E-state index contributed by atoms with van der Waals surface area (Å²) in [6, 6.07) is 21.8. The Hall–Kier alpha value is -1.90. The van der Waals surface area contributed by atoms with E-state index in [0.717, 1.165) is 4.47 Å². The van der Waals surface area contributed by atoms with Crippen molar-refractivity contribution >= 4 is 53.5 Å². The highest BCUT2D eigenvalue weighted by Gasteiger charge is 2.09. The van der Waals surface area contributed by atoms with Gasteiger partial charge in [-0.2, -0.15) is 0 Å². The first-order valence-electron chi connectivity index (χ1n) is 7.60. The van der Waals surface area contributed by atoms with E-state index in [0.29, 0.717) is 0 Å². The summed E-state index contributed by atoms with van der Waals surface area (Å²) in [5.41, 5.74) is 3.81. The first-order chi connectivity index (χ1) is 11.3. The molecule has 3 aromatic carbocycles. The van der Waals surface area contributed by atoms with E-state index in [4.69, 9.17) is 0 Å². The van der Waals surface area contributed by atoms with E-state index in [-0.39, 0.29) is 0 Å². The van der Waals surface area contributed by atoms with Crippen molar-refractivity contribution in [3.8, 4) is 11.1 Å². The summed E-state index contributed by atoms with van der Waals surface area (Å²) in [6.07, 6.45) is 4.30. The van der Waals surface area contributed by atoms with Crippen molar-refractivity contribution in [2.75, 3.05) is 0 Å². The van der Waals surface area contributed by atoms with Crippen LogP contribution in [-0.4, -0.2) is 0 Å². The average molecular weight is 379 g/mol. The van der Waals surface area contributed by atoms with Crippen molar-refractivity contribution < 1.29 is 0 Å². The number of allylic oxidation sites excluding steroid dienone is 1. The van der Waals surface area contributed by atoms with Gasteiger partial charge in [-0.25, -0.2) is 0 Å². The minimum atomic E-state index is 1.11. The Balaban J connectivity index is 2.00. The van der Waals surface area contributed by atoms with Crippen LogP contribution in [0.25, 0.3) is 37.4 Å². The first kappa shape index (κ1) is 14.7. The number of rotatable bonds is 2. The Morgan fingerprint density at radius 1 is 0.870 bits per heavy atom. The molecule has 0 bridgehead atoms. The lowest BCUT2D eigenvalue weighted by Gasteiger charge is -2.03. The minimum Gasteiger partial charge on any atom is -0.135 e. The molecule has 0 aliphatic rings. The van der Waals surface area contributed by atoms with Crippen molar-refractivity contribution in [1.82, 2.24) is 0 Å². The fourth-order valence-electron chi connectivity index (χ4n) is 2.99. The number of hydrogen-bond donors (Lipinski definition) is 0. The zero-order valence-electron chi connectivity index (χ0n) is 12.7. The molecule has 0 radical (unpaired) electrons. The van der Waals surface area contributed by atoms with E-state index in [9.17, 15) is 0 Å². The summed E-state index contributed by atoms with van der Waals surface area (Å²) in [5.74, 6) is 0. The maximum atomic E-state index is 3.50. The molecule has 0 fully saturated rings. The fraction of sp³-hybridized carbons (Fsp3) is 0.0476. The zero-order valence-corrected chi connectivity index (χ0v) is 15.1. The van der Waals surface area contributed by atoms with Crippen molar-refractivity contribution in [2.24, 2.45) is 0 Å². The molecule has 0 nitrogen and oxygen atoms in total. The van der Waals surface area contributed by atoms with Gasteiger partial charge in [0.25, 0.3) is 0 Å². The summed E-state index contributed by atoms with van der Waals surface area (Å²) in [7, 11) is 0. The number of benzene rings is 3. The molecule has 0 aliphatic carbocycles. The second-order valence-electron chi connectivity index (χ2n) is 5.54. The van der Waals surface area contributed by atoms with Crippen LogP contribution in [0, 0.1) is 0 Å². The van der Waals surface area contributed by atoms with Crippen LogP contribution in [0.5, 0.6) is 0 Å². The second kappa shape index (κ2) is 5.95. The molecule has 1 heterocycles. The molecule has 4 aromatic rings. The number of hydrogen-bond acceptors (Lipinski definition) is 1. The molecule has 2 heteroatoms. The van der Waals surface area contributed by atoms with Crippen molar-refractivity contribution in [1.29, 1.82) is 0 Å². The van der Waals surface area contributed by atoms with Gasteiger partial charge < -0.3 is 0 Å². The molecular formula is C21H15BrS. The summed E-state index contributed by atoms with van der Waals surface area (Å²) < 4.78 is 3.81. The van der Waals surface area contributed by atoms with E-state index in [1.807, 2.05) is 11.3 Å². The predicted octanol–water partition coefficient (Wildman–Crippen LogP) is 7.52. The van der Waals surface area contributed by atoms with Gasteiger partial charge in [0.05, 0.1) is 0 Å². The summed E-state index contributed by atoms with van der Waals surface area (Å²) in [4.78, 5) is 0. The third kappa shape index (κ3) is 2.62. The molecule has 0 spiro atoms. The van der Waals surface area contributed by atoms with Crippen LogP contribution >= 0.6 is 27.3 Å². The molecule has 0 aliphatic heterocycles. The fourth-order valence-corrected chi connectivity index (χ4v) is 4.38. The lowest BCUT2D eigenvalue weighted by Crippen LogP contribution is -1.78. The van der Waals surface area contributed by atoms with Gasteiger partial charge in [0.2, 0.25) is 0 Å². The van der Waals surface area contributed by atoms with E-state index < -0.39 is 0 Å². The van der Waals surface area contributed by atoms with Crippen LogP contribution in [0.15, 0.2) is 71.2 Å². The van der Waals surface area contributed by atoms with Gasteiger partial charge in [-0.15, -0.1) is 11.3 Å². The second-order valence-corrected chi connectivity index (χ2v) is 7.54. The Labute approximate surface area is 148 Å². The Morgan fingerprint density at radius 3 is 2.43 bits per heavy atom. The zero-order chi connectivity index (χ0) is 15.8. The standard InChI is InChI=1S/C21H15BrS/c1-2-4-15-5-3-6-20-21(15)18-13-16(9-12-19(18)23-20)14-7-10-17(22)11-8-14/h2-13H,1H3/b4-2+. The summed E-state index contributed by atoms with van der Waals surface area (Å²) >= 11 is 5.37. The smallest absolute Gasteiger partial charge is 0.0361 e. The van der Waals surface area contributed by atoms with Crippen LogP contribution < -0.4 is 0 Å². The van der Waals surface area contributed by atoms with Gasteiger partial charge in [0.1, 0.15) is 0 Å². The molecule has 23 heavy (non-hydrogen) atoms. The Kier molecular flexibility index (Phi) is 3.80. The SMILES string of the molecule is C/C=C/c1cccc2sc3ccc(-c4ccc(Br)cc4)cc3c12. The number of fused-ring (bicyclic) bond motifs is 3. The summed E-state index contributed by atoms with van der Waals surface area (Å²) in [5, 5.41) is 2.71. The Morgan fingerprint density at radius 2 is 1.65 bits per heavy atom. The highest BCUT2D eigenvalue weighted by molar-refractivity contribution is 9.10. The molecule has 1 aromatic heterocycles. The molecule has 0 saturated carbocycles. The van der Waals surface area contributed by atoms with Gasteiger partial charge in [-0.3, -0.25) is 0 Å². The minimum absolute atomic E-state index is 1.11. The molecule has 0 amide bonds. The largest absolute Gasteiger partial charge is 0.135 e. The first-order valence-corrected chi connectivity index (χ1v) is 9.21. The molecular weight excluding hydrogens is 364 g/mol. The maximum absolute atomic E-state index is 3.50. The van der Waals surface area contributed by atoms with Gasteiger partial charge in [0.15, 0.2) is 0 Å².